The summed E-state index contributed by atoms with van der Waals surface area (Å²) in [6.45, 7) is 0. The van der Waals surface area contributed by atoms with E-state index in [0.717, 1.165) is 5.21 Å². The molecule has 1 rings (SSSR count). The zero-order chi connectivity index (χ0) is 16.8. The van der Waals surface area contributed by atoms with Crippen LogP contribution in [-0.4, -0.2) is 44.9 Å². The van der Waals surface area contributed by atoms with Crippen molar-refractivity contribution in [2.75, 3.05) is 0 Å². The first kappa shape index (κ1) is 18.8. The summed E-state index contributed by atoms with van der Waals surface area (Å²) in [4.78, 5) is 32.6. The van der Waals surface area contributed by atoms with Crippen LogP contribution in [0.1, 0.15) is 25.7 Å². The number of nitrogens with one attached hydrogen (secondary N) is 1. The van der Waals surface area contributed by atoms with Crippen LogP contribution in [0.2, 0.25) is 5.21 Å². The predicted molar refractivity (Wildman–Crippen MR) is 69.0 cm³/mol. The van der Waals surface area contributed by atoms with E-state index in [0.29, 0.717) is 31.6 Å². The molecule has 22 heavy (non-hydrogen) atoms. The Morgan fingerprint density at radius 2 is 1.77 bits per heavy atom. The van der Waals surface area contributed by atoms with Crippen molar-refractivity contribution in [3.8, 4) is 0 Å². The van der Waals surface area contributed by atoms with E-state index in [4.69, 9.17) is 5.84 Å². The average molecular weight is 388 g/mol. The monoisotopic (exact) mass is 388 g/mol. The van der Waals surface area contributed by atoms with Crippen molar-refractivity contribution in [1.82, 2.24) is 5.43 Å². The minimum atomic E-state index is -5.23. The number of carbonyl (C=O) groups excluding carboxylic acids is 3. The maximum atomic E-state index is 11.9. The van der Waals surface area contributed by atoms with Gasteiger partial charge in [-0.25, -0.2) is 0 Å². The normalized spacial score (nSPS) is 22.4. The third-order valence-electron chi connectivity index (χ3n) is 3.15. The Hall–Kier alpha value is -1.28. The number of hydrogen-bond acceptors (Lipinski definition) is 6. The fraction of sp³-hybridized carbons (Fsp3) is 0.727. The molecule has 0 aromatic carbocycles. The number of alkyl halides is 3. The van der Waals surface area contributed by atoms with E-state index in [-0.39, 0.29) is 4.69 Å². The molecule has 1 saturated carbocycles. The third-order valence-corrected chi connectivity index (χ3v) is 5.76. The molecule has 1 fully saturated rings. The molecule has 0 aliphatic heterocycles. The van der Waals surface area contributed by atoms with E-state index in [1.807, 2.05) is 0 Å². The molecular formula is C11H16AsF3N2O5. The number of nitrogens with two attached hydrogens (primary N) is 1. The van der Waals surface area contributed by atoms with Crippen LogP contribution < -0.4 is 11.3 Å². The number of ether oxygens (including phenoxy) is 2. The Morgan fingerprint density at radius 3 is 2.27 bits per heavy atom. The molecule has 0 aromatic rings. The molecule has 1 aliphatic carbocycles. The number of hydrogen-bond donors (Lipinski definition) is 2. The average Bonchev–Trinajstić information content (AvgIpc) is 2.45. The zero-order valence-corrected chi connectivity index (χ0v) is 13.5. The van der Waals surface area contributed by atoms with Crippen LogP contribution in [0.5, 0.6) is 0 Å². The van der Waals surface area contributed by atoms with E-state index in [1.165, 1.54) is 0 Å². The van der Waals surface area contributed by atoms with Gasteiger partial charge in [-0.1, -0.05) is 0 Å². The first-order valence-electron chi connectivity index (χ1n) is 6.46. The summed E-state index contributed by atoms with van der Waals surface area (Å²) in [5, 5.41) is 0.757. The van der Waals surface area contributed by atoms with Gasteiger partial charge in [-0.2, -0.15) is 0 Å². The summed E-state index contributed by atoms with van der Waals surface area (Å²) in [7, 11) is 0. The summed E-state index contributed by atoms with van der Waals surface area (Å²) < 4.78 is 43.8. The number of amides is 1. The van der Waals surface area contributed by atoms with Gasteiger partial charge in [0.1, 0.15) is 0 Å². The van der Waals surface area contributed by atoms with E-state index < -0.39 is 40.2 Å². The standard InChI is InChI=1S/C11H16AsF3N2O5/c13-11(14,15)8(18)22-10(20)21-7-3-1-6(2-4-7)5-12-9(19)17-16/h6-7,12H,1-5,16H2,(H,17,19). The number of halogens is 3. The molecule has 1 unspecified atom stereocenters. The predicted octanol–water partition coefficient (Wildman–Crippen LogP) is 1.23. The van der Waals surface area contributed by atoms with Gasteiger partial charge < -0.3 is 0 Å². The van der Waals surface area contributed by atoms with Crippen LogP contribution in [-0.2, 0) is 14.3 Å². The van der Waals surface area contributed by atoms with Gasteiger partial charge in [0.15, 0.2) is 0 Å². The van der Waals surface area contributed by atoms with Gasteiger partial charge in [0.05, 0.1) is 0 Å². The van der Waals surface area contributed by atoms with Gasteiger partial charge >= 0.3 is 130 Å². The first-order valence-corrected chi connectivity index (χ1v) is 8.99. The van der Waals surface area contributed by atoms with Gasteiger partial charge in [-0.15, -0.1) is 0 Å². The van der Waals surface area contributed by atoms with Crippen molar-refractivity contribution >= 4 is 32.6 Å². The number of esters is 1. The molecule has 0 aromatic heterocycles. The Bertz CT molecular complexity index is 424. The van der Waals surface area contributed by atoms with Crippen LogP contribution in [0.15, 0.2) is 0 Å². The summed E-state index contributed by atoms with van der Waals surface area (Å²) in [5.41, 5.74) is 2.08. The number of carbonyl (C=O) groups is 3. The molecular weight excluding hydrogens is 372 g/mol. The molecule has 1 aliphatic rings. The Labute approximate surface area is 130 Å². The van der Waals surface area contributed by atoms with Crippen LogP contribution in [0, 0.1) is 5.92 Å². The van der Waals surface area contributed by atoms with Crippen molar-refractivity contribution in [1.29, 1.82) is 0 Å². The molecule has 0 saturated heterocycles. The summed E-state index contributed by atoms with van der Waals surface area (Å²) >= 11 is -0.832. The van der Waals surface area contributed by atoms with Gasteiger partial charge in [-0.05, 0) is 0 Å². The minimum absolute atomic E-state index is 0.146. The molecule has 1 atom stereocenters. The summed E-state index contributed by atoms with van der Waals surface area (Å²) in [5.74, 6) is 2.70. The summed E-state index contributed by atoms with van der Waals surface area (Å²) in [6, 6.07) is 0. The molecule has 3 N–H and O–H groups in total. The van der Waals surface area contributed by atoms with Crippen molar-refractivity contribution in [2.24, 2.45) is 11.8 Å². The molecule has 0 bridgehead atoms. The molecule has 1 amide bonds. The molecule has 0 radical (unpaired) electrons. The zero-order valence-electron chi connectivity index (χ0n) is 11.4. The second-order valence-electron chi connectivity index (χ2n) is 4.75. The van der Waals surface area contributed by atoms with Crippen molar-refractivity contribution in [3.05, 3.63) is 0 Å². The Balaban J connectivity index is 2.26. The van der Waals surface area contributed by atoms with E-state index in [1.54, 1.807) is 0 Å². The van der Waals surface area contributed by atoms with E-state index in [2.05, 4.69) is 14.9 Å². The Morgan fingerprint density at radius 1 is 1.18 bits per heavy atom. The number of hydrazine groups is 1. The van der Waals surface area contributed by atoms with Gasteiger partial charge in [0.25, 0.3) is 0 Å². The maximum absolute atomic E-state index is 11.9. The fourth-order valence-electron chi connectivity index (χ4n) is 2.04. The fourth-order valence-corrected chi connectivity index (χ4v) is 4.10. The molecule has 0 spiro atoms. The van der Waals surface area contributed by atoms with Crippen molar-refractivity contribution < 1.29 is 37.0 Å². The SMILES string of the molecule is NNC(=O)[AsH]CC1CCC(OC(=O)OC(=O)C(F)(F)F)CC1. The third kappa shape index (κ3) is 6.65. The van der Waals surface area contributed by atoms with E-state index >= 15 is 0 Å². The topological polar surface area (TPSA) is 108 Å². The second kappa shape index (κ2) is 8.38. The quantitative estimate of drug-likeness (QED) is 0.187. The van der Waals surface area contributed by atoms with Crippen LogP contribution in [0.25, 0.3) is 0 Å². The van der Waals surface area contributed by atoms with Crippen LogP contribution >= 0.6 is 0 Å². The van der Waals surface area contributed by atoms with Gasteiger partial charge in [0.2, 0.25) is 0 Å². The first-order chi connectivity index (χ1) is 10.2. The molecule has 126 valence electrons. The second-order valence-corrected chi connectivity index (χ2v) is 7.30. The van der Waals surface area contributed by atoms with Gasteiger partial charge in [0, 0.05) is 0 Å². The van der Waals surface area contributed by atoms with Crippen LogP contribution in [0.4, 0.5) is 22.8 Å². The van der Waals surface area contributed by atoms with Crippen molar-refractivity contribution in [2.45, 2.75) is 43.2 Å². The molecule has 0 heterocycles. The van der Waals surface area contributed by atoms with Crippen LogP contribution in [0.3, 0.4) is 0 Å². The van der Waals surface area contributed by atoms with E-state index in [9.17, 15) is 27.6 Å². The van der Waals surface area contributed by atoms with Gasteiger partial charge in [-0.3, -0.25) is 0 Å². The number of rotatable bonds is 4. The Kier molecular flexibility index (Phi) is 7.15. The molecule has 11 heteroatoms. The summed E-state index contributed by atoms with van der Waals surface area (Å²) in [6.07, 6.45) is -5.16. The molecule has 7 nitrogen and oxygen atoms in total. The van der Waals surface area contributed by atoms with Crippen molar-refractivity contribution in [3.63, 3.8) is 0 Å².